The summed E-state index contributed by atoms with van der Waals surface area (Å²) in [5, 5.41) is 11.3. The summed E-state index contributed by atoms with van der Waals surface area (Å²) in [6.45, 7) is 10.8. The van der Waals surface area contributed by atoms with Crippen LogP contribution in [0.25, 0.3) is 10.9 Å². The van der Waals surface area contributed by atoms with Gasteiger partial charge in [-0.25, -0.2) is 0 Å². The van der Waals surface area contributed by atoms with E-state index in [0.717, 1.165) is 32.6 Å². The highest BCUT2D eigenvalue weighted by Gasteiger charge is 2.38. The highest BCUT2D eigenvalue weighted by atomic mass is 16.3. The monoisotopic (exact) mass is 327 g/mol. The SMILES string of the molecule is CC(C)n1cc(CN2C[C@H]3C[C@@H](O)CN3C[C@H]2C)c2ccccc21. The molecule has 0 amide bonds. The summed E-state index contributed by atoms with van der Waals surface area (Å²) in [5.74, 6) is 0. The van der Waals surface area contributed by atoms with Gasteiger partial charge in [-0.3, -0.25) is 9.80 Å². The Balaban J connectivity index is 1.60. The number of hydrogen-bond acceptors (Lipinski definition) is 3. The topological polar surface area (TPSA) is 31.6 Å². The molecule has 2 aliphatic rings. The highest BCUT2D eigenvalue weighted by Crippen LogP contribution is 2.29. The van der Waals surface area contributed by atoms with Crippen LogP contribution in [-0.2, 0) is 6.54 Å². The Morgan fingerprint density at radius 2 is 1.96 bits per heavy atom. The summed E-state index contributed by atoms with van der Waals surface area (Å²) in [6.07, 6.45) is 3.14. The Hall–Kier alpha value is -1.36. The number of rotatable bonds is 3. The molecule has 1 N–H and O–H groups in total. The third-order valence-corrected chi connectivity index (χ3v) is 5.83. The summed E-state index contributed by atoms with van der Waals surface area (Å²) in [5.41, 5.74) is 2.77. The van der Waals surface area contributed by atoms with Crippen molar-refractivity contribution in [2.45, 2.75) is 58.0 Å². The van der Waals surface area contributed by atoms with E-state index in [1.54, 1.807) is 0 Å². The third kappa shape index (κ3) is 2.77. The summed E-state index contributed by atoms with van der Waals surface area (Å²) in [7, 11) is 0. The molecule has 0 aliphatic carbocycles. The molecule has 0 unspecified atom stereocenters. The first-order valence-corrected chi connectivity index (χ1v) is 9.27. The predicted octanol–water partition coefficient (Wildman–Crippen LogP) is 2.86. The maximum atomic E-state index is 9.96. The molecule has 3 atom stereocenters. The maximum absolute atomic E-state index is 9.96. The number of piperazine rings is 1. The van der Waals surface area contributed by atoms with Crippen molar-refractivity contribution in [1.29, 1.82) is 0 Å². The second kappa shape index (κ2) is 6.17. The van der Waals surface area contributed by atoms with E-state index in [1.807, 2.05) is 0 Å². The van der Waals surface area contributed by atoms with Gasteiger partial charge in [-0.05, 0) is 38.8 Å². The van der Waals surface area contributed by atoms with E-state index in [0.29, 0.717) is 18.1 Å². The van der Waals surface area contributed by atoms with Crippen molar-refractivity contribution in [3.05, 3.63) is 36.0 Å². The average molecular weight is 327 g/mol. The smallest absolute Gasteiger partial charge is 0.0682 e. The van der Waals surface area contributed by atoms with Crippen LogP contribution >= 0.6 is 0 Å². The van der Waals surface area contributed by atoms with E-state index in [9.17, 15) is 5.11 Å². The number of aliphatic hydroxyl groups excluding tert-OH is 1. The van der Waals surface area contributed by atoms with Crippen LogP contribution < -0.4 is 0 Å². The van der Waals surface area contributed by atoms with Crippen LogP contribution in [0.4, 0.5) is 0 Å². The second-order valence-electron chi connectivity index (χ2n) is 7.95. The minimum Gasteiger partial charge on any atom is -0.392 e. The van der Waals surface area contributed by atoms with Crippen LogP contribution in [0.3, 0.4) is 0 Å². The number of aliphatic hydroxyl groups is 1. The fourth-order valence-corrected chi connectivity index (χ4v) is 4.55. The van der Waals surface area contributed by atoms with Crippen LogP contribution in [0.5, 0.6) is 0 Å². The molecular formula is C20H29N3O. The number of fused-ring (bicyclic) bond motifs is 2. The zero-order chi connectivity index (χ0) is 16.8. The lowest BCUT2D eigenvalue weighted by Gasteiger charge is -2.42. The number of hydrogen-bond donors (Lipinski definition) is 1. The average Bonchev–Trinajstić information content (AvgIpc) is 3.08. The maximum Gasteiger partial charge on any atom is 0.0682 e. The molecule has 1 aromatic carbocycles. The highest BCUT2D eigenvalue weighted by molar-refractivity contribution is 5.84. The standard InChI is InChI=1S/C20H29N3O/c1-14(2)23-11-16(19-6-4-5-7-20(19)23)10-21-12-17-8-18(24)13-22(17)9-15(21)3/h4-7,11,14-15,17-18,24H,8-10,12-13H2,1-3H3/t15-,17-,18-/m1/s1. The molecular weight excluding hydrogens is 298 g/mol. The zero-order valence-electron chi connectivity index (χ0n) is 15.0. The van der Waals surface area contributed by atoms with Crippen molar-refractivity contribution in [3.63, 3.8) is 0 Å². The van der Waals surface area contributed by atoms with Gasteiger partial charge in [-0.1, -0.05) is 18.2 Å². The quantitative estimate of drug-likeness (QED) is 0.941. The lowest BCUT2D eigenvalue weighted by Crippen LogP contribution is -2.54. The molecule has 24 heavy (non-hydrogen) atoms. The number of para-hydroxylation sites is 1. The molecule has 2 fully saturated rings. The lowest BCUT2D eigenvalue weighted by molar-refractivity contribution is 0.0531. The lowest BCUT2D eigenvalue weighted by atomic mass is 10.1. The summed E-state index contributed by atoms with van der Waals surface area (Å²) >= 11 is 0. The third-order valence-electron chi connectivity index (χ3n) is 5.83. The molecule has 4 nitrogen and oxygen atoms in total. The second-order valence-corrected chi connectivity index (χ2v) is 7.95. The van der Waals surface area contributed by atoms with Crippen LogP contribution in [0.1, 0.15) is 38.8 Å². The molecule has 4 heteroatoms. The molecule has 2 aliphatic heterocycles. The Morgan fingerprint density at radius 1 is 1.17 bits per heavy atom. The first-order valence-electron chi connectivity index (χ1n) is 9.27. The van der Waals surface area contributed by atoms with Gasteiger partial charge in [0.15, 0.2) is 0 Å². The van der Waals surface area contributed by atoms with Gasteiger partial charge in [-0.15, -0.1) is 0 Å². The molecule has 130 valence electrons. The van der Waals surface area contributed by atoms with Crippen LogP contribution in [0.15, 0.2) is 30.5 Å². The number of aromatic nitrogens is 1. The van der Waals surface area contributed by atoms with Crippen molar-refractivity contribution in [1.82, 2.24) is 14.4 Å². The largest absolute Gasteiger partial charge is 0.392 e. The molecule has 0 bridgehead atoms. The number of nitrogens with zero attached hydrogens (tertiary/aromatic N) is 3. The van der Waals surface area contributed by atoms with Gasteiger partial charge in [0.05, 0.1) is 6.10 Å². The Labute approximate surface area is 144 Å². The molecule has 0 spiro atoms. The van der Waals surface area contributed by atoms with Gasteiger partial charge in [0, 0.05) is 61.4 Å². The van der Waals surface area contributed by atoms with Crippen molar-refractivity contribution >= 4 is 10.9 Å². The molecule has 2 aromatic rings. The first kappa shape index (κ1) is 16.1. The van der Waals surface area contributed by atoms with E-state index in [-0.39, 0.29) is 6.10 Å². The predicted molar refractivity (Wildman–Crippen MR) is 98.2 cm³/mol. The van der Waals surface area contributed by atoms with Crippen LogP contribution in [0, 0.1) is 0 Å². The van der Waals surface area contributed by atoms with Crippen LogP contribution in [-0.4, -0.2) is 57.3 Å². The summed E-state index contributed by atoms with van der Waals surface area (Å²) in [4.78, 5) is 5.08. The molecule has 0 saturated carbocycles. The van der Waals surface area contributed by atoms with E-state index in [1.165, 1.54) is 16.5 Å². The van der Waals surface area contributed by atoms with E-state index >= 15 is 0 Å². The zero-order valence-corrected chi connectivity index (χ0v) is 15.0. The van der Waals surface area contributed by atoms with Gasteiger partial charge < -0.3 is 9.67 Å². The van der Waals surface area contributed by atoms with Crippen molar-refractivity contribution in [2.24, 2.45) is 0 Å². The molecule has 0 radical (unpaired) electrons. The number of benzene rings is 1. The van der Waals surface area contributed by atoms with Gasteiger partial charge in [-0.2, -0.15) is 0 Å². The molecule has 2 saturated heterocycles. The van der Waals surface area contributed by atoms with E-state index in [4.69, 9.17) is 0 Å². The van der Waals surface area contributed by atoms with Crippen molar-refractivity contribution < 1.29 is 5.11 Å². The fourth-order valence-electron chi connectivity index (χ4n) is 4.55. The Morgan fingerprint density at radius 3 is 2.75 bits per heavy atom. The summed E-state index contributed by atoms with van der Waals surface area (Å²) in [6, 6.07) is 10.3. The van der Waals surface area contributed by atoms with E-state index < -0.39 is 0 Å². The van der Waals surface area contributed by atoms with Gasteiger partial charge in [0.2, 0.25) is 0 Å². The normalized spacial score (nSPS) is 28.8. The molecule has 1 aromatic heterocycles. The fraction of sp³-hybridized carbons (Fsp3) is 0.600. The van der Waals surface area contributed by atoms with Crippen molar-refractivity contribution in [3.8, 4) is 0 Å². The van der Waals surface area contributed by atoms with Gasteiger partial charge in [0.1, 0.15) is 0 Å². The summed E-state index contributed by atoms with van der Waals surface area (Å²) < 4.78 is 2.39. The Kier molecular flexibility index (Phi) is 4.15. The first-order chi connectivity index (χ1) is 11.5. The van der Waals surface area contributed by atoms with Crippen molar-refractivity contribution in [2.75, 3.05) is 19.6 Å². The Bertz CT molecular complexity index is 723. The van der Waals surface area contributed by atoms with Gasteiger partial charge >= 0.3 is 0 Å². The minimum atomic E-state index is -0.134. The van der Waals surface area contributed by atoms with Gasteiger partial charge in [0.25, 0.3) is 0 Å². The minimum absolute atomic E-state index is 0.134. The molecule has 3 heterocycles. The van der Waals surface area contributed by atoms with E-state index in [2.05, 4.69) is 65.6 Å². The van der Waals surface area contributed by atoms with Crippen LogP contribution in [0.2, 0.25) is 0 Å². The molecule has 4 rings (SSSR count).